The van der Waals surface area contributed by atoms with Crippen molar-refractivity contribution >= 4 is 17.5 Å². The van der Waals surface area contributed by atoms with Crippen LogP contribution in [-0.2, 0) is 4.79 Å². The number of anilines is 1. The minimum absolute atomic E-state index is 0.151. The quantitative estimate of drug-likeness (QED) is 0.509. The number of nitrogens with one attached hydrogen (secondary N) is 2. The van der Waals surface area contributed by atoms with Gasteiger partial charge in [-0.05, 0) is 6.07 Å². The van der Waals surface area contributed by atoms with Crippen LogP contribution in [-0.4, -0.2) is 39.1 Å². The summed E-state index contributed by atoms with van der Waals surface area (Å²) in [5.41, 5.74) is 6.37. The molecule has 0 spiro atoms. The Morgan fingerprint density at radius 3 is 2.35 bits per heavy atom. The fourth-order valence-electron chi connectivity index (χ4n) is 1.59. The van der Waals surface area contributed by atoms with Gasteiger partial charge in [0.25, 0.3) is 5.91 Å². The molecule has 0 saturated carbocycles. The molecule has 0 aliphatic heterocycles. The fourth-order valence-corrected chi connectivity index (χ4v) is 1.59. The molecule has 1 aromatic carbocycles. The molecule has 0 radical (unpaired) electrons. The van der Waals surface area contributed by atoms with Gasteiger partial charge >= 0.3 is 0 Å². The normalized spacial score (nSPS) is 9.75. The van der Waals surface area contributed by atoms with Crippen molar-refractivity contribution in [3.05, 3.63) is 17.7 Å². The minimum atomic E-state index is -0.356. The Hall–Kier alpha value is -2.44. The molecule has 7 nitrogen and oxygen atoms in total. The van der Waals surface area contributed by atoms with Crippen molar-refractivity contribution in [1.29, 1.82) is 0 Å². The molecule has 4 N–H and O–H groups in total. The van der Waals surface area contributed by atoms with Gasteiger partial charge in [-0.25, -0.2) is 0 Å². The molecule has 0 atom stereocenters. The molecule has 0 heterocycles. The average molecular weight is 281 g/mol. The summed E-state index contributed by atoms with van der Waals surface area (Å²) in [6.07, 6.45) is 0. The maximum Gasteiger partial charge on any atom is 0.253 e. The summed E-state index contributed by atoms with van der Waals surface area (Å²) in [5.74, 6) is 0.339. The number of methoxy groups -OCH3 is 2. The lowest BCUT2D eigenvalue weighted by atomic mass is 10.1. The summed E-state index contributed by atoms with van der Waals surface area (Å²) in [7, 11) is 2.95. The van der Waals surface area contributed by atoms with Crippen molar-refractivity contribution in [2.75, 3.05) is 33.0 Å². The molecular weight excluding hydrogens is 262 g/mol. The third-order valence-electron chi connectivity index (χ3n) is 2.60. The number of carbonyl (C=O) groups is 2. The first-order valence-electron chi connectivity index (χ1n) is 6.03. The second-order valence-electron chi connectivity index (χ2n) is 4.03. The van der Waals surface area contributed by atoms with Gasteiger partial charge in [0.1, 0.15) is 11.5 Å². The zero-order valence-electron chi connectivity index (χ0n) is 11.8. The maximum absolute atomic E-state index is 12.0. The molecule has 0 fully saturated rings. The van der Waals surface area contributed by atoms with E-state index in [1.54, 1.807) is 6.07 Å². The molecule has 1 aromatic rings. The number of hydrogen-bond donors (Lipinski definition) is 3. The van der Waals surface area contributed by atoms with Crippen LogP contribution in [0.25, 0.3) is 0 Å². The van der Waals surface area contributed by atoms with Crippen LogP contribution in [0.1, 0.15) is 17.3 Å². The van der Waals surface area contributed by atoms with E-state index in [1.165, 1.54) is 27.2 Å². The van der Waals surface area contributed by atoms with E-state index in [2.05, 4.69) is 10.6 Å². The molecule has 0 aliphatic rings. The Morgan fingerprint density at radius 1 is 1.15 bits per heavy atom. The summed E-state index contributed by atoms with van der Waals surface area (Å²) in [6, 6.07) is 3.13. The highest BCUT2D eigenvalue weighted by Gasteiger charge is 2.15. The monoisotopic (exact) mass is 281 g/mol. The minimum Gasteiger partial charge on any atom is -0.497 e. The van der Waals surface area contributed by atoms with Crippen molar-refractivity contribution in [3.63, 3.8) is 0 Å². The highest BCUT2D eigenvalue weighted by molar-refractivity contribution is 6.01. The van der Waals surface area contributed by atoms with E-state index < -0.39 is 0 Å². The SMILES string of the molecule is COc1cc(OC)c(N)c(C(=O)NCCNC(C)=O)c1. The number of nitrogens with two attached hydrogens (primary N) is 1. The molecular formula is C13H19N3O4. The second-order valence-corrected chi connectivity index (χ2v) is 4.03. The second kappa shape index (κ2) is 7.22. The van der Waals surface area contributed by atoms with Crippen LogP contribution >= 0.6 is 0 Å². The van der Waals surface area contributed by atoms with Gasteiger partial charge in [-0.15, -0.1) is 0 Å². The first kappa shape index (κ1) is 15.6. The van der Waals surface area contributed by atoms with Crippen molar-refractivity contribution in [2.45, 2.75) is 6.92 Å². The van der Waals surface area contributed by atoms with E-state index in [1.807, 2.05) is 0 Å². The van der Waals surface area contributed by atoms with Crippen molar-refractivity contribution in [1.82, 2.24) is 10.6 Å². The number of nitrogen functional groups attached to an aromatic ring is 1. The number of ether oxygens (including phenoxy) is 2. The smallest absolute Gasteiger partial charge is 0.253 e. The highest BCUT2D eigenvalue weighted by atomic mass is 16.5. The first-order chi connectivity index (χ1) is 9.49. The molecule has 7 heteroatoms. The van der Waals surface area contributed by atoms with Crippen LogP contribution in [0, 0.1) is 0 Å². The molecule has 2 amide bonds. The lowest BCUT2D eigenvalue weighted by Gasteiger charge is -2.13. The van der Waals surface area contributed by atoms with Gasteiger partial charge in [0.15, 0.2) is 0 Å². The van der Waals surface area contributed by atoms with E-state index in [0.717, 1.165) is 0 Å². The summed E-state index contributed by atoms with van der Waals surface area (Å²) in [5, 5.41) is 5.23. The van der Waals surface area contributed by atoms with Crippen molar-refractivity contribution < 1.29 is 19.1 Å². The average Bonchev–Trinajstić information content (AvgIpc) is 2.43. The Morgan fingerprint density at radius 2 is 1.80 bits per heavy atom. The van der Waals surface area contributed by atoms with Crippen molar-refractivity contribution in [3.8, 4) is 11.5 Å². The van der Waals surface area contributed by atoms with Gasteiger partial charge in [0.2, 0.25) is 5.91 Å². The largest absolute Gasteiger partial charge is 0.497 e. The summed E-state index contributed by atoms with van der Waals surface area (Å²) in [4.78, 5) is 22.7. The van der Waals surface area contributed by atoms with E-state index >= 15 is 0 Å². The van der Waals surface area contributed by atoms with Crippen LogP contribution in [0.2, 0.25) is 0 Å². The van der Waals surface area contributed by atoms with Gasteiger partial charge in [0.05, 0.1) is 25.5 Å². The predicted molar refractivity (Wildman–Crippen MR) is 75.0 cm³/mol. The van der Waals surface area contributed by atoms with Crippen LogP contribution in [0.3, 0.4) is 0 Å². The molecule has 0 unspecified atom stereocenters. The van der Waals surface area contributed by atoms with Crippen LogP contribution < -0.4 is 25.8 Å². The van der Waals surface area contributed by atoms with E-state index in [0.29, 0.717) is 24.6 Å². The number of amides is 2. The number of hydrogen-bond acceptors (Lipinski definition) is 5. The molecule has 0 bridgehead atoms. The third-order valence-corrected chi connectivity index (χ3v) is 2.60. The lowest BCUT2D eigenvalue weighted by molar-refractivity contribution is -0.118. The zero-order chi connectivity index (χ0) is 15.1. The molecule has 110 valence electrons. The van der Waals surface area contributed by atoms with E-state index in [4.69, 9.17) is 15.2 Å². The fraction of sp³-hybridized carbons (Fsp3) is 0.385. The number of benzene rings is 1. The molecule has 0 saturated heterocycles. The Labute approximate surface area is 117 Å². The predicted octanol–water partition coefficient (Wildman–Crippen LogP) is 0.152. The number of carbonyl (C=O) groups excluding carboxylic acids is 2. The van der Waals surface area contributed by atoms with Crippen LogP contribution in [0.15, 0.2) is 12.1 Å². The summed E-state index contributed by atoms with van der Waals surface area (Å²) in [6.45, 7) is 2.06. The van der Waals surface area contributed by atoms with Gasteiger partial charge in [-0.2, -0.15) is 0 Å². The van der Waals surface area contributed by atoms with Gasteiger partial charge in [-0.3, -0.25) is 9.59 Å². The van der Waals surface area contributed by atoms with E-state index in [-0.39, 0.29) is 23.1 Å². The molecule has 1 rings (SSSR count). The zero-order valence-corrected chi connectivity index (χ0v) is 11.8. The van der Waals surface area contributed by atoms with Crippen molar-refractivity contribution in [2.24, 2.45) is 0 Å². The van der Waals surface area contributed by atoms with Crippen LogP contribution in [0.5, 0.6) is 11.5 Å². The Bertz CT molecular complexity index is 503. The molecule has 0 aromatic heterocycles. The molecule has 20 heavy (non-hydrogen) atoms. The van der Waals surface area contributed by atoms with Gasteiger partial charge in [0, 0.05) is 26.1 Å². The topological polar surface area (TPSA) is 103 Å². The summed E-state index contributed by atoms with van der Waals surface area (Å²) < 4.78 is 10.2. The Balaban J connectivity index is 2.78. The lowest BCUT2D eigenvalue weighted by Crippen LogP contribution is -2.34. The van der Waals surface area contributed by atoms with Crippen LogP contribution in [0.4, 0.5) is 5.69 Å². The molecule has 0 aliphatic carbocycles. The standard InChI is InChI=1S/C13H19N3O4/c1-8(17)15-4-5-16-13(18)10-6-9(19-2)7-11(20-3)12(10)14/h6-7H,4-5,14H2,1-3H3,(H,15,17)(H,16,18). The maximum atomic E-state index is 12.0. The van der Waals surface area contributed by atoms with Gasteiger partial charge < -0.3 is 25.8 Å². The Kier molecular flexibility index (Phi) is 5.64. The van der Waals surface area contributed by atoms with Gasteiger partial charge in [-0.1, -0.05) is 0 Å². The van der Waals surface area contributed by atoms with E-state index in [9.17, 15) is 9.59 Å². The number of rotatable bonds is 6. The third kappa shape index (κ3) is 4.04. The highest BCUT2D eigenvalue weighted by Crippen LogP contribution is 2.30. The summed E-state index contributed by atoms with van der Waals surface area (Å²) >= 11 is 0. The first-order valence-corrected chi connectivity index (χ1v) is 6.03.